The van der Waals surface area contributed by atoms with Gasteiger partial charge in [0.15, 0.2) is 0 Å². The van der Waals surface area contributed by atoms with Crippen LogP contribution in [0.15, 0.2) is 84.9 Å². The fraction of sp³-hybridized carbons (Fsp3) is 0.258. The number of benzene rings is 3. The molecular formula is C31H32N2O2. The molecular weight excluding hydrogens is 432 g/mol. The molecule has 0 unspecified atom stereocenters. The topological polar surface area (TPSA) is 52.6 Å². The normalized spacial score (nSPS) is 17.2. The van der Waals surface area contributed by atoms with Gasteiger partial charge in [-0.2, -0.15) is 0 Å². The van der Waals surface area contributed by atoms with Crippen LogP contribution < -0.4 is 10.2 Å². The standard InChI is InChI=1S/C31H32N2O2/c34-29(35)18-11-23-9-12-26(13-10-23)31(30(25-7-4-8-25)24-5-2-1-3-6-24)27-14-16-28(17-15-27)33-21-19-32-20-22-33/h1-3,5-6,9-18,25,32H,4,7-8,19-22H2,(H,34,35)/b18-11?,31-30-. The molecule has 2 N–H and O–H groups in total. The van der Waals surface area contributed by atoms with Crippen LogP contribution in [0.4, 0.5) is 5.69 Å². The van der Waals surface area contributed by atoms with Crippen molar-refractivity contribution in [2.24, 2.45) is 5.92 Å². The number of carbonyl (C=O) groups is 1. The third-order valence-electron chi connectivity index (χ3n) is 7.12. The summed E-state index contributed by atoms with van der Waals surface area (Å²) in [6.45, 7) is 4.11. The lowest BCUT2D eigenvalue weighted by Gasteiger charge is -2.32. The van der Waals surface area contributed by atoms with Gasteiger partial charge in [-0.1, -0.05) is 73.2 Å². The van der Waals surface area contributed by atoms with Crippen molar-refractivity contribution in [3.8, 4) is 0 Å². The molecule has 0 amide bonds. The van der Waals surface area contributed by atoms with E-state index < -0.39 is 5.97 Å². The van der Waals surface area contributed by atoms with Crippen LogP contribution in [0, 0.1) is 5.92 Å². The molecule has 1 saturated carbocycles. The lowest BCUT2D eigenvalue weighted by atomic mass is 9.73. The second-order valence-corrected chi connectivity index (χ2v) is 9.36. The van der Waals surface area contributed by atoms with E-state index in [1.165, 1.54) is 53.3 Å². The summed E-state index contributed by atoms with van der Waals surface area (Å²) in [6, 6.07) is 28.1. The van der Waals surface area contributed by atoms with Crippen LogP contribution in [0.3, 0.4) is 0 Å². The third kappa shape index (κ3) is 5.39. The Bertz CT molecular complexity index is 1200. The zero-order valence-electron chi connectivity index (χ0n) is 20.0. The van der Waals surface area contributed by atoms with Crippen molar-refractivity contribution in [1.29, 1.82) is 0 Å². The number of nitrogens with one attached hydrogen (secondary N) is 1. The minimum atomic E-state index is -0.935. The molecule has 0 bridgehead atoms. The fourth-order valence-electron chi connectivity index (χ4n) is 5.07. The van der Waals surface area contributed by atoms with Crippen molar-refractivity contribution >= 4 is 28.9 Å². The van der Waals surface area contributed by atoms with Crippen LogP contribution in [0.1, 0.15) is 41.5 Å². The van der Waals surface area contributed by atoms with Gasteiger partial charge in [-0.3, -0.25) is 0 Å². The van der Waals surface area contributed by atoms with Crippen molar-refractivity contribution in [1.82, 2.24) is 5.32 Å². The van der Waals surface area contributed by atoms with Crippen LogP contribution in [0.25, 0.3) is 17.2 Å². The molecule has 4 nitrogen and oxygen atoms in total. The zero-order valence-corrected chi connectivity index (χ0v) is 20.0. The molecule has 1 heterocycles. The second-order valence-electron chi connectivity index (χ2n) is 9.36. The maximum atomic E-state index is 10.9. The van der Waals surface area contributed by atoms with Gasteiger partial charge in [0.25, 0.3) is 0 Å². The summed E-state index contributed by atoms with van der Waals surface area (Å²) < 4.78 is 0. The highest BCUT2D eigenvalue weighted by Gasteiger charge is 2.27. The third-order valence-corrected chi connectivity index (χ3v) is 7.12. The van der Waals surface area contributed by atoms with E-state index in [9.17, 15) is 4.79 Å². The summed E-state index contributed by atoms with van der Waals surface area (Å²) in [5, 5.41) is 12.4. The quantitative estimate of drug-likeness (QED) is 0.335. The van der Waals surface area contributed by atoms with Gasteiger partial charge >= 0.3 is 5.97 Å². The van der Waals surface area contributed by atoms with Crippen LogP contribution in [0.5, 0.6) is 0 Å². The van der Waals surface area contributed by atoms with Gasteiger partial charge in [-0.15, -0.1) is 0 Å². The Morgan fingerprint density at radius 2 is 1.46 bits per heavy atom. The number of hydrogen-bond donors (Lipinski definition) is 2. The molecule has 1 aliphatic heterocycles. The molecule has 5 rings (SSSR count). The summed E-state index contributed by atoms with van der Waals surface area (Å²) in [7, 11) is 0. The Labute approximate surface area is 207 Å². The number of nitrogens with zero attached hydrogens (tertiary/aromatic N) is 1. The van der Waals surface area contributed by atoms with E-state index in [0.717, 1.165) is 37.3 Å². The van der Waals surface area contributed by atoms with Crippen molar-refractivity contribution in [3.05, 3.63) is 107 Å². The van der Waals surface area contributed by atoms with Crippen LogP contribution in [-0.4, -0.2) is 37.3 Å². The largest absolute Gasteiger partial charge is 0.478 e. The van der Waals surface area contributed by atoms with Gasteiger partial charge in [-0.05, 0) is 70.4 Å². The van der Waals surface area contributed by atoms with Crippen molar-refractivity contribution in [3.63, 3.8) is 0 Å². The maximum absolute atomic E-state index is 10.9. The van der Waals surface area contributed by atoms with Gasteiger partial charge in [0, 0.05) is 37.9 Å². The Morgan fingerprint density at radius 1 is 0.829 bits per heavy atom. The molecule has 3 aromatic carbocycles. The van der Waals surface area contributed by atoms with E-state index >= 15 is 0 Å². The Morgan fingerprint density at radius 3 is 2.03 bits per heavy atom. The van der Waals surface area contributed by atoms with Gasteiger partial charge in [-0.25, -0.2) is 4.79 Å². The highest BCUT2D eigenvalue weighted by atomic mass is 16.4. The SMILES string of the molecule is O=C(O)C=Cc1ccc(/C(=C(\c2ccccc2)C2CCC2)c2ccc(N3CCNCC3)cc2)cc1. The summed E-state index contributed by atoms with van der Waals surface area (Å²) in [4.78, 5) is 13.4. The molecule has 0 aromatic heterocycles. The average Bonchev–Trinajstić information content (AvgIpc) is 2.88. The van der Waals surface area contributed by atoms with Gasteiger partial charge < -0.3 is 15.3 Å². The van der Waals surface area contributed by atoms with Crippen LogP contribution in [-0.2, 0) is 4.79 Å². The highest BCUT2D eigenvalue weighted by molar-refractivity contribution is 6.00. The Hall–Kier alpha value is -3.63. The molecule has 0 spiro atoms. The van der Waals surface area contributed by atoms with E-state index in [2.05, 4.69) is 76.9 Å². The molecule has 4 heteroatoms. The first-order chi connectivity index (χ1) is 17.2. The number of hydrogen-bond acceptors (Lipinski definition) is 3. The number of aliphatic carboxylic acids is 1. The average molecular weight is 465 g/mol. The number of piperazine rings is 1. The first-order valence-corrected chi connectivity index (χ1v) is 12.6. The molecule has 0 radical (unpaired) electrons. The fourth-order valence-corrected chi connectivity index (χ4v) is 5.07. The van der Waals surface area contributed by atoms with E-state index in [-0.39, 0.29) is 0 Å². The van der Waals surface area contributed by atoms with Gasteiger partial charge in [0.05, 0.1) is 0 Å². The number of anilines is 1. The van der Waals surface area contributed by atoms with Crippen molar-refractivity contribution in [2.75, 3.05) is 31.1 Å². The minimum absolute atomic E-state index is 0.548. The lowest BCUT2D eigenvalue weighted by molar-refractivity contribution is -0.131. The highest BCUT2D eigenvalue weighted by Crippen LogP contribution is 2.45. The monoisotopic (exact) mass is 464 g/mol. The summed E-state index contributed by atoms with van der Waals surface area (Å²) in [6.07, 6.45) is 6.53. The minimum Gasteiger partial charge on any atom is -0.478 e. The van der Waals surface area contributed by atoms with Crippen LogP contribution in [0.2, 0.25) is 0 Å². The molecule has 3 aromatic rings. The number of carboxylic acids is 1. The van der Waals surface area contributed by atoms with E-state index in [0.29, 0.717) is 5.92 Å². The molecule has 0 atom stereocenters. The molecule has 2 aliphatic rings. The zero-order chi connectivity index (χ0) is 24.0. The summed E-state index contributed by atoms with van der Waals surface area (Å²) in [5.74, 6) is -0.387. The van der Waals surface area contributed by atoms with E-state index in [4.69, 9.17) is 5.11 Å². The number of rotatable bonds is 7. The molecule has 1 saturated heterocycles. The number of allylic oxidation sites excluding steroid dienone is 1. The first kappa shape index (κ1) is 23.1. The van der Waals surface area contributed by atoms with E-state index in [1.807, 2.05) is 12.1 Å². The summed E-state index contributed by atoms with van der Waals surface area (Å²) >= 11 is 0. The predicted octanol–water partition coefficient (Wildman–Crippen LogP) is 5.95. The predicted molar refractivity (Wildman–Crippen MR) is 144 cm³/mol. The second kappa shape index (κ2) is 10.7. The molecule has 35 heavy (non-hydrogen) atoms. The lowest BCUT2D eigenvalue weighted by Crippen LogP contribution is -2.43. The van der Waals surface area contributed by atoms with E-state index in [1.54, 1.807) is 6.08 Å². The molecule has 178 valence electrons. The van der Waals surface area contributed by atoms with Crippen molar-refractivity contribution < 1.29 is 9.90 Å². The maximum Gasteiger partial charge on any atom is 0.328 e. The Balaban J connectivity index is 1.60. The first-order valence-electron chi connectivity index (χ1n) is 12.6. The van der Waals surface area contributed by atoms with Gasteiger partial charge in [0.1, 0.15) is 0 Å². The molecule has 2 fully saturated rings. The Kier molecular flexibility index (Phi) is 7.10. The van der Waals surface area contributed by atoms with Gasteiger partial charge in [0.2, 0.25) is 0 Å². The smallest absolute Gasteiger partial charge is 0.328 e. The number of carboxylic acid groups (broad SMARTS) is 1. The van der Waals surface area contributed by atoms with Crippen molar-refractivity contribution in [2.45, 2.75) is 19.3 Å². The summed E-state index contributed by atoms with van der Waals surface area (Å²) in [5.41, 5.74) is 8.53. The van der Waals surface area contributed by atoms with Crippen LogP contribution >= 0.6 is 0 Å². The molecule has 1 aliphatic carbocycles.